The minimum Gasteiger partial charge on any atom is -0.360 e. The molecule has 0 bridgehead atoms. The molecule has 0 radical (unpaired) electrons. The highest BCUT2D eigenvalue weighted by Gasteiger charge is 2.30. The van der Waals surface area contributed by atoms with Gasteiger partial charge in [0.25, 0.3) is 5.91 Å². The number of hydrogen-bond donors (Lipinski definition) is 2. The molecule has 8 nitrogen and oxygen atoms in total. The SMILES string of the molecule is Cc1[nH]c(CN2C(=O)Cc3cc(F)ccc32)c(C)c1C(=O)NC1CCN(S(C)(=O)=O)CC1. The smallest absolute Gasteiger partial charge is 0.253 e. The van der Waals surface area contributed by atoms with Crippen molar-refractivity contribution in [2.75, 3.05) is 24.2 Å². The molecule has 1 aromatic carbocycles. The first-order valence-corrected chi connectivity index (χ1v) is 12.4. The van der Waals surface area contributed by atoms with Gasteiger partial charge in [-0.1, -0.05) is 0 Å². The largest absolute Gasteiger partial charge is 0.360 e. The molecule has 2 amide bonds. The average molecular weight is 463 g/mol. The summed E-state index contributed by atoms with van der Waals surface area (Å²) in [4.78, 5) is 30.3. The third-order valence-corrected chi connectivity index (χ3v) is 7.62. The molecule has 0 spiro atoms. The van der Waals surface area contributed by atoms with Crippen molar-refractivity contribution in [3.8, 4) is 0 Å². The van der Waals surface area contributed by atoms with Crippen molar-refractivity contribution in [3.63, 3.8) is 0 Å². The van der Waals surface area contributed by atoms with Gasteiger partial charge in [0, 0.05) is 36.2 Å². The van der Waals surface area contributed by atoms with Crippen molar-refractivity contribution in [2.45, 2.75) is 45.7 Å². The Balaban J connectivity index is 1.47. The summed E-state index contributed by atoms with van der Waals surface area (Å²) in [5.74, 6) is -0.692. The van der Waals surface area contributed by atoms with Crippen LogP contribution in [-0.4, -0.2) is 54.9 Å². The maximum Gasteiger partial charge on any atom is 0.253 e. The number of rotatable bonds is 5. The number of piperidine rings is 1. The lowest BCUT2D eigenvalue weighted by Gasteiger charge is -2.30. The van der Waals surface area contributed by atoms with Crippen LogP contribution in [0.4, 0.5) is 10.1 Å². The Bertz CT molecular complexity index is 1180. The van der Waals surface area contributed by atoms with Crippen LogP contribution in [0.1, 0.15) is 45.7 Å². The lowest BCUT2D eigenvalue weighted by atomic mass is 10.0. The van der Waals surface area contributed by atoms with Crippen LogP contribution in [0, 0.1) is 19.7 Å². The molecule has 0 aliphatic carbocycles. The van der Waals surface area contributed by atoms with Gasteiger partial charge in [0.1, 0.15) is 5.82 Å². The second-order valence-electron chi connectivity index (χ2n) is 8.57. The van der Waals surface area contributed by atoms with E-state index in [1.807, 2.05) is 13.8 Å². The normalized spacial score (nSPS) is 17.6. The predicted molar refractivity (Wildman–Crippen MR) is 118 cm³/mol. The van der Waals surface area contributed by atoms with Gasteiger partial charge in [-0.15, -0.1) is 0 Å². The molecular weight excluding hydrogens is 435 g/mol. The molecule has 0 atom stereocenters. The number of anilines is 1. The number of nitrogens with one attached hydrogen (secondary N) is 2. The van der Waals surface area contributed by atoms with Crippen LogP contribution in [0.25, 0.3) is 0 Å². The fraction of sp³-hybridized carbons (Fsp3) is 0.455. The van der Waals surface area contributed by atoms with E-state index in [-0.39, 0.29) is 36.6 Å². The van der Waals surface area contributed by atoms with Crippen LogP contribution in [0.15, 0.2) is 18.2 Å². The van der Waals surface area contributed by atoms with E-state index in [2.05, 4.69) is 10.3 Å². The zero-order valence-corrected chi connectivity index (χ0v) is 19.2. The highest BCUT2D eigenvalue weighted by molar-refractivity contribution is 7.88. The number of sulfonamides is 1. The zero-order valence-electron chi connectivity index (χ0n) is 18.4. The fourth-order valence-electron chi connectivity index (χ4n) is 4.59. The monoisotopic (exact) mass is 462 g/mol. The molecule has 2 aliphatic heterocycles. The number of amides is 2. The Kier molecular flexibility index (Phi) is 5.85. The number of carbonyl (C=O) groups excluding carboxylic acids is 2. The Morgan fingerprint density at radius 2 is 1.94 bits per heavy atom. The number of hydrogen-bond acceptors (Lipinski definition) is 4. The first-order chi connectivity index (χ1) is 15.0. The van der Waals surface area contributed by atoms with Crippen LogP contribution >= 0.6 is 0 Å². The maximum atomic E-state index is 13.5. The summed E-state index contributed by atoms with van der Waals surface area (Å²) in [5.41, 5.74) is 4.11. The van der Waals surface area contributed by atoms with Gasteiger partial charge in [-0.25, -0.2) is 17.1 Å². The third kappa shape index (κ3) is 4.29. The number of aryl methyl sites for hydroxylation is 1. The van der Waals surface area contributed by atoms with Gasteiger partial charge in [-0.2, -0.15) is 0 Å². The number of benzene rings is 1. The van der Waals surface area contributed by atoms with Gasteiger partial charge in [-0.05, 0) is 56.0 Å². The first-order valence-electron chi connectivity index (χ1n) is 10.6. The van der Waals surface area contributed by atoms with Gasteiger partial charge < -0.3 is 15.2 Å². The molecule has 0 unspecified atom stereocenters. The van der Waals surface area contributed by atoms with E-state index in [1.165, 1.54) is 22.7 Å². The van der Waals surface area contributed by atoms with Crippen molar-refractivity contribution in [1.82, 2.24) is 14.6 Å². The summed E-state index contributed by atoms with van der Waals surface area (Å²) in [6.07, 6.45) is 2.47. The van der Waals surface area contributed by atoms with Crippen molar-refractivity contribution < 1.29 is 22.4 Å². The Labute approximate surface area is 186 Å². The molecule has 0 saturated carbocycles. The van der Waals surface area contributed by atoms with Crippen LogP contribution in [-0.2, 0) is 27.8 Å². The fourth-order valence-corrected chi connectivity index (χ4v) is 5.46. The quantitative estimate of drug-likeness (QED) is 0.710. The molecule has 2 N–H and O–H groups in total. The number of carbonyl (C=O) groups is 2. The van der Waals surface area contributed by atoms with Crippen LogP contribution in [0.3, 0.4) is 0 Å². The molecule has 2 aromatic rings. The van der Waals surface area contributed by atoms with Gasteiger partial charge >= 0.3 is 0 Å². The maximum absolute atomic E-state index is 13.5. The van der Waals surface area contributed by atoms with Crippen LogP contribution < -0.4 is 10.2 Å². The Morgan fingerprint density at radius 1 is 1.25 bits per heavy atom. The third-order valence-electron chi connectivity index (χ3n) is 6.32. The van der Waals surface area contributed by atoms with Crippen molar-refractivity contribution in [1.29, 1.82) is 0 Å². The minimum absolute atomic E-state index is 0.0976. The topological polar surface area (TPSA) is 103 Å². The van der Waals surface area contributed by atoms with Gasteiger partial charge in [-0.3, -0.25) is 9.59 Å². The molecule has 2 aliphatic rings. The van der Waals surface area contributed by atoms with E-state index >= 15 is 0 Å². The summed E-state index contributed by atoms with van der Waals surface area (Å²) >= 11 is 0. The highest BCUT2D eigenvalue weighted by Crippen LogP contribution is 2.32. The number of aromatic nitrogens is 1. The minimum atomic E-state index is -3.22. The first kappa shape index (κ1) is 22.5. The molecule has 10 heteroatoms. The zero-order chi connectivity index (χ0) is 23.2. The van der Waals surface area contributed by atoms with E-state index in [9.17, 15) is 22.4 Å². The van der Waals surface area contributed by atoms with E-state index < -0.39 is 10.0 Å². The van der Waals surface area contributed by atoms with Gasteiger partial charge in [0.15, 0.2) is 0 Å². The number of H-pyrrole nitrogens is 1. The van der Waals surface area contributed by atoms with E-state index in [0.29, 0.717) is 48.4 Å². The van der Waals surface area contributed by atoms with Gasteiger partial charge in [0.2, 0.25) is 15.9 Å². The van der Waals surface area contributed by atoms with Crippen molar-refractivity contribution in [2.24, 2.45) is 0 Å². The molecule has 1 saturated heterocycles. The summed E-state index contributed by atoms with van der Waals surface area (Å²) in [5, 5.41) is 3.02. The van der Waals surface area contributed by atoms with Crippen LogP contribution in [0.5, 0.6) is 0 Å². The van der Waals surface area contributed by atoms with Crippen molar-refractivity contribution >= 4 is 27.5 Å². The number of fused-ring (bicyclic) bond motifs is 1. The molecule has 1 aromatic heterocycles. The van der Waals surface area contributed by atoms with Crippen molar-refractivity contribution in [3.05, 3.63) is 52.1 Å². The number of aromatic amines is 1. The summed E-state index contributed by atoms with van der Waals surface area (Å²) in [6, 6.07) is 4.23. The highest BCUT2D eigenvalue weighted by atomic mass is 32.2. The number of nitrogens with zero attached hydrogens (tertiary/aromatic N) is 2. The average Bonchev–Trinajstić information content (AvgIpc) is 3.16. The molecule has 172 valence electrons. The summed E-state index contributed by atoms with van der Waals surface area (Å²) < 4.78 is 38.3. The summed E-state index contributed by atoms with van der Waals surface area (Å²) in [6.45, 7) is 4.69. The van der Waals surface area contributed by atoms with Crippen LogP contribution in [0.2, 0.25) is 0 Å². The molecule has 1 fully saturated rings. The van der Waals surface area contributed by atoms with E-state index in [1.54, 1.807) is 11.0 Å². The Hall–Kier alpha value is -2.72. The predicted octanol–water partition coefficient (Wildman–Crippen LogP) is 2.01. The van der Waals surface area contributed by atoms with E-state index in [0.717, 1.165) is 11.3 Å². The molecule has 4 rings (SSSR count). The second-order valence-corrected chi connectivity index (χ2v) is 10.6. The number of halogens is 1. The molecule has 3 heterocycles. The van der Waals surface area contributed by atoms with E-state index in [4.69, 9.17) is 0 Å². The lowest BCUT2D eigenvalue weighted by Crippen LogP contribution is -2.46. The lowest BCUT2D eigenvalue weighted by molar-refractivity contribution is -0.117. The Morgan fingerprint density at radius 3 is 2.59 bits per heavy atom. The molecular formula is C22H27FN4O4S. The van der Waals surface area contributed by atoms with Gasteiger partial charge in [0.05, 0.1) is 24.8 Å². The summed E-state index contributed by atoms with van der Waals surface area (Å²) in [7, 11) is -3.22. The second kappa shape index (κ2) is 8.32. The standard InChI is InChI=1S/C22H27FN4O4S/c1-13-18(12-27-19-5-4-16(23)10-15(19)11-20(27)28)24-14(2)21(13)22(29)25-17-6-8-26(9-7-17)32(3,30)31/h4-5,10,17,24H,6-9,11-12H2,1-3H3,(H,25,29). The molecule has 32 heavy (non-hydrogen) atoms.